The zero-order valence-corrected chi connectivity index (χ0v) is 13.6. The van der Waals surface area contributed by atoms with Crippen molar-refractivity contribution in [2.75, 3.05) is 11.9 Å². The zero-order chi connectivity index (χ0) is 17.2. The van der Waals surface area contributed by atoms with Crippen LogP contribution in [0, 0.1) is 0 Å². The number of H-pyrrole nitrogens is 1. The van der Waals surface area contributed by atoms with Crippen LogP contribution in [0.2, 0.25) is 0 Å². The molecule has 0 amide bonds. The van der Waals surface area contributed by atoms with Gasteiger partial charge in [-0.3, -0.25) is 0 Å². The Balaban J connectivity index is 1.72. The number of phenols is 1. The molecule has 0 unspecified atom stereocenters. The Morgan fingerprint density at radius 2 is 1.96 bits per heavy atom. The maximum absolute atomic E-state index is 9.83. The number of aromatic nitrogens is 3. The minimum atomic E-state index is 0.0442. The minimum absolute atomic E-state index is 0.0442. The van der Waals surface area contributed by atoms with Crippen LogP contribution >= 0.6 is 0 Å². The Labute approximate surface area is 144 Å². The molecule has 0 aliphatic carbocycles. The second-order valence-corrected chi connectivity index (χ2v) is 6.07. The largest absolute Gasteiger partial charge is 0.508 e. The molecular formula is C19H19N5O. The van der Waals surface area contributed by atoms with Gasteiger partial charge in [-0.05, 0) is 30.2 Å². The van der Waals surface area contributed by atoms with Crippen molar-refractivity contribution >= 4 is 27.8 Å². The molecule has 4 aromatic rings. The quantitative estimate of drug-likeness (QED) is 0.450. The maximum atomic E-state index is 9.83. The number of aromatic hydroxyl groups is 1. The molecule has 0 saturated heterocycles. The minimum Gasteiger partial charge on any atom is -0.508 e. The fourth-order valence-electron chi connectivity index (χ4n) is 3.11. The molecule has 6 nitrogen and oxygen atoms in total. The summed E-state index contributed by atoms with van der Waals surface area (Å²) in [5.41, 5.74) is 8.82. The van der Waals surface area contributed by atoms with E-state index >= 15 is 0 Å². The average molecular weight is 333 g/mol. The van der Waals surface area contributed by atoms with Gasteiger partial charge in [0.25, 0.3) is 0 Å². The third kappa shape index (κ3) is 2.99. The van der Waals surface area contributed by atoms with E-state index in [2.05, 4.69) is 32.4 Å². The molecule has 0 bridgehead atoms. The summed E-state index contributed by atoms with van der Waals surface area (Å²) in [5.74, 6) is 0.927. The van der Waals surface area contributed by atoms with Crippen LogP contribution in [0.25, 0.3) is 21.9 Å². The summed E-state index contributed by atoms with van der Waals surface area (Å²) >= 11 is 0. The number of hydrogen-bond donors (Lipinski definition) is 4. The van der Waals surface area contributed by atoms with Crippen molar-refractivity contribution in [2.45, 2.75) is 12.5 Å². The van der Waals surface area contributed by atoms with Gasteiger partial charge in [0.2, 0.25) is 0 Å². The highest BCUT2D eigenvalue weighted by atomic mass is 16.3. The average Bonchev–Trinajstić information content (AvgIpc) is 3.00. The normalized spacial score (nSPS) is 12.5. The number of hydrogen-bond acceptors (Lipinski definition) is 5. The van der Waals surface area contributed by atoms with Crippen LogP contribution in [0.3, 0.4) is 0 Å². The molecular weight excluding hydrogens is 314 g/mol. The van der Waals surface area contributed by atoms with E-state index in [1.54, 1.807) is 12.1 Å². The van der Waals surface area contributed by atoms with E-state index in [1.807, 2.05) is 24.3 Å². The smallest absolute Gasteiger partial charge is 0.143 e. The lowest BCUT2D eigenvalue weighted by Gasteiger charge is -2.18. The highest BCUT2D eigenvalue weighted by Crippen LogP contribution is 2.31. The summed E-state index contributed by atoms with van der Waals surface area (Å²) in [4.78, 5) is 12.0. The summed E-state index contributed by atoms with van der Waals surface area (Å²) in [6, 6.07) is 15.5. The zero-order valence-electron chi connectivity index (χ0n) is 13.6. The van der Waals surface area contributed by atoms with Gasteiger partial charge >= 0.3 is 0 Å². The fraction of sp³-hybridized carbons (Fsp3) is 0.158. The molecule has 1 atom stereocenters. The van der Waals surface area contributed by atoms with Gasteiger partial charge in [-0.15, -0.1) is 0 Å². The maximum Gasteiger partial charge on any atom is 0.143 e. The van der Waals surface area contributed by atoms with E-state index in [1.165, 1.54) is 11.9 Å². The Kier molecular flexibility index (Phi) is 3.95. The first-order valence-electron chi connectivity index (χ1n) is 8.20. The Morgan fingerprint density at radius 1 is 1.12 bits per heavy atom. The second-order valence-electron chi connectivity index (χ2n) is 6.07. The molecule has 25 heavy (non-hydrogen) atoms. The van der Waals surface area contributed by atoms with Gasteiger partial charge in [-0.1, -0.05) is 30.3 Å². The Hall–Kier alpha value is -3.12. The van der Waals surface area contributed by atoms with Crippen LogP contribution < -0.4 is 11.1 Å². The van der Waals surface area contributed by atoms with Crippen molar-refractivity contribution in [1.82, 2.24) is 15.0 Å². The number of nitrogens with one attached hydrogen (secondary N) is 2. The number of anilines is 1. The molecule has 2 aromatic carbocycles. The lowest BCUT2D eigenvalue weighted by Crippen LogP contribution is -2.31. The van der Waals surface area contributed by atoms with Crippen LogP contribution in [0.4, 0.5) is 5.82 Å². The Bertz CT molecular complexity index is 1010. The predicted molar refractivity (Wildman–Crippen MR) is 99.7 cm³/mol. The summed E-state index contributed by atoms with van der Waals surface area (Å²) in [5, 5.41) is 15.0. The molecule has 2 aromatic heterocycles. The first-order chi connectivity index (χ1) is 12.2. The van der Waals surface area contributed by atoms with Crippen molar-refractivity contribution in [1.29, 1.82) is 0 Å². The highest BCUT2D eigenvalue weighted by Gasteiger charge is 2.15. The first-order valence-corrected chi connectivity index (χ1v) is 8.20. The van der Waals surface area contributed by atoms with Crippen molar-refractivity contribution < 1.29 is 5.11 Å². The topological polar surface area (TPSA) is 99.9 Å². The summed E-state index contributed by atoms with van der Waals surface area (Å²) < 4.78 is 0. The molecule has 5 N–H and O–H groups in total. The van der Waals surface area contributed by atoms with E-state index in [4.69, 9.17) is 5.73 Å². The predicted octanol–water partition coefficient (Wildman–Crippen LogP) is 2.80. The first kappa shape index (κ1) is 15.4. The third-order valence-electron chi connectivity index (χ3n) is 4.32. The molecule has 0 radical (unpaired) electrons. The van der Waals surface area contributed by atoms with Gasteiger partial charge in [0.1, 0.15) is 23.5 Å². The van der Waals surface area contributed by atoms with Crippen LogP contribution in [0.15, 0.2) is 54.9 Å². The molecule has 2 heterocycles. The van der Waals surface area contributed by atoms with E-state index in [-0.39, 0.29) is 11.8 Å². The van der Waals surface area contributed by atoms with Gasteiger partial charge < -0.3 is 21.1 Å². The Morgan fingerprint density at radius 3 is 2.76 bits per heavy atom. The number of fused-ring (bicyclic) bond motifs is 3. The molecule has 0 aliphatic rings. The van der Waals surface area contributed by atoms with Crippen molar-refractivity contribution in [2.24, 2.45) is 5.73 Å². The number of nitrogens with zero attached hydrogens (tertiary/aromatic N) is 2. The van der Waals surface area contributed by atoms with E-state index in [0.717, 1.165) is 28.4 Å². The summed E-state index contributed by atoms with van der Waals surface area (Å²) in [6.45, 7) is 0.480. The van der Waals surface area contributed by atoms with Gasteiger partial charge in [-0.25, -0.2) is 9.97 Å². The van der Waals surface area contributed by atoms with Gasteiger partial charge in [-0.2, -0.15) is 0 Å². The molecule has 0 spiro atoms. The molecule has 0 fully saturated rings. The molecule has 126 valence electrons. The number of phenolic OH excluding ortho intramolecular Hbond substituents is 1. The van der Waals surface area contributed by atoms with Crippen LogP contribution in [-0.2, 0) is 6.42 Å². The molecule has 0 aliphatic heterocycles. The van der Waals surface area contributed by atoms with Crippen LogP contribution in [0.5, 0.6) is 5.75 Å². The van der Waals surface area contributed by atoms with Crippen molar-refractivity contribution in [3.8, 4) is 5.75 Å². The lowest BCUT2D eigenvalue weighted by molar-refractivity contribution is 0.476. The number of rotatable bonds is 5. The number of benzene rings is 2. The van der Waals surface area contributed by atoms with Gasteiger partial charge in [0, 0.05) is 23.5 Å². The highest BCUT2D eigenvalue weighted by molar-refractivity contribution is 6.11. The molecule has 0 saturated carbocycles. The summed E-state index contributed by atoms with van der Waals surface area (Å²) in [7, 11) is 0. The SMILES string of the molecule is NC[C@H](Cc1ccccc1)Nc1ncnc2[nH]c3ccc(O)cc3c12. The van der Waals surface area contributed by atoms with Crippen LogP contribution in [0.1, 0.15) is 5.56 Å². The standard InChI is InChI=1S/C19H19N5O/c20-10-13(8-12-4-2-1-3-5-12)23-18-17-15-9-14(25)6-7-16(15)24-19(17)22-11-21-18/h1-7,9,11,13,25H,8,10,20H2,(H2,21,22,23,24)/t13-/m0/s1. The lowest BCUT2D eigenvalue weighted by atomic mass is 10.1. The fourth-order valence-corrected chi connectivity index (χ4v) is 3.11. The summed E-state index contributed by atoms with van der Waals surface area (Å²) in [6.07, 6.45) is 2.33. The van der Waals surface area contributed by atoms with Gasteiger partial charge in [0.05, 0.1) is 5.39 Å². The van der Waals surface area contributed by atoms with E-state index in [0.29, 0.717) is 12.4 Å². The molecule has 6 heteroatoms. The molecule has 4 rings (SSSR count). The van der Waals surface area contributed by atoms with Crippen molar-refractivity contribution in [3.05, 3.63) is 60.4 Å². The monoisotopic (exact) mass is 333 g/mol. The van der Waals surface area contributed by atoms with E-state index in [9.17, 15) is 5.11 Å². The number of nitrogens with two attached hydrogens (primary N) is 1. The second kappa shape index (κ2) is 6.41. The van der Waals surface area contributed by atoms with E-state index < -0.39 is 0 Å². The van der Waals surface area contributed by atoms with Crippen molar-refractivity contribution in [3.63, 3.8) is 0 Å². The van der Waals surface area contributed by atoms with Crippen LogP contribution in [-0.4, -0.2) is 32.6 Å². The number of aromatic amines is 1. The van der Waals surface area contributed by atoms with Gasteiger partial charge in [0.15, 0.2) is 0 Å². The third-order valence-corrected chi connectivity index (χ3v) is 4.32.